The van der Waals surface area contributed by atoms with Gasteiger partial charge >= 0.3 is 0 Å². The largest absolute Gasteiger partial charge is 0.356 e. The molecular formula is C13H17N. The maximum absolute atomic E-state index is 3.84. The molecule has 1 aromatic rings. The van der Waals surface area contributed by atoms with E-state index in [0.29, 0.717) is 0 Å². The van der Waals surface area contributed by atoms with Crippen molar-refractivity contribution in [2.24, 2.45) is 0 Å². The van der Waals surface area contributed by atoms with Crippen LogP contribution in [-0.2, 0) is 0 Å². The number of hydrogen-bond donors (Lipinski definition) is 1. The van der Waals surface area contributed by atoms with Gasteiger partial charge in [0.1, 0.15) is 0 Å². The molecule has 0 heterocycles. The molecule has 0 saturated carbocycles. The average Bonchev–Trinajstić information content (AvgIpc) is 2.10. The standard InChI is InChI=1S/C13H17N/c1-6-12(5)14-13-10(3)7-9(2)8-11(13)4/h6-8,14H,1,5H2,2-4H3. The summed E-state index contributed by atoms with van der Waals surface area (Å²) < 4.78 is 0. The predicted molar refractivity (Wildman–Crippen MR) is 63.6 cm³/mol. The summed E-state index contributed by atoms with van der Waals surface area (Å²) in [5.41, 5.74) is 5.74. The molecule has 0 spiro atoms. The summed E-state index contributed by atoms with van der Waals surface area (Å²) in [5.74, 6) is 0. The second-order valence-corrected chi connectivity index (χ2v) is 3.63. The molecular weight excluding hydrogens is 170 g/mol. The molecule has 1 aromatic carbocycles. The Hall–Kier alpha value is -1.50. The topological polar surface area (TPSA) is 12.0 Å². The summed E-state index contributed by atoms with van der Waals surface area (Å²) in [6.07, 6.45) is 1.72. The van der Waals surface area contributed by atoms with Crippen LogP contribution in [-0.4, -0.2) is 0 Å². The van der Waals surface area contributed by atoms with Gasteiger partial charge in [-0.1, -0.05) is 30.9 Å². The van der Waals surface area contributed by atoms with Crippen molar-refractivity contribution in [3.05, 3.63) is 53.8 Å². The first-order valence-corrected chi connectivity index (χ1v) is 4.71. The van der Waals surface area contributed by atoms with Gasteiger partial charge in [0, 0.05) is 11.4 Å². The highest BCUT2D eigenvalue weighted by Gasteiger charge is 2.02. The summed E-state index contributed by atoms with van der Waals surface area (Å²) in [6.45, 7) is 13.8. The van der Waals surface area contributed by atoms with Crippen molar-refractivity contribution >= 4 is 5.69 Å². The Labute approximate surface area is 86.2 Å². The molecule has 74 valence electrons. The molecule has 0 amide bonds. The van der Waals surface area contributed by atoms with Gasteiger partial charge in [-0.05, 0) is 38.0 Å². The number of nitrogens with one attached hydrogen (secondary N) is 1. The Kier molecular flexibility index (Phi) is 3.13. The van der Waals surface area contributed by atoms with Crippen molar-refractivity contribution in [3.63, 3.8) is 0 Å². The Morgan fingerprint density at radius 2 is 1.71 bits per heavy atom. The van der Waals surface area contributed by atoms with Crippen molar-refractivity contribution < 1.29 is 0 Å². The molecule has 0 aliphatic rings. The lowest BCUT2D eigenvalue weighted by Gasteiger charge is -2.13. The fourth-order valence-corrected chi connectivity index (χ4v) is 1.59. The van der Waals surface area contributed by atoms with Crippen molar-refractivity contribution in [1.29, 1.82) is 0 Å². The molecule has 0 bridgehead atoms. The number of allylic oxidation sites excluding steroid dienone is 1. The van der Waals surface area contributed by atoms with Crippen molar-refractivity contribution in [2.45, 2.75) is 20.8 Å². The number of anilines is 1. The number of hydrogen-bond acceptors (Lipinski definition) is 1. The predicted octanol–water partition coefficient (Wildman–Crippen LogP) is 3.72. The molecule has 0 aromatic heterocycles. The monoisotopic (exact) mass is 187 g/mol. The van der Waals surface area contributed by atoms with E-state index >= 15 is 0 Å². The number of rotatable bonds is 3. The summed E-state index contributed by atoms with van der Waals surface area (Å²) in [4.78, 5) is 0. The zero-order chi connectivity index (χ0) is 10.7. The average molecular weight is 187 g/mol. The number of benzene rings is 1. The van der Waals surface area contributed by atoms with Crippen molar-refractivity contribution in [1.82, 2.24) is 0 Å². The zero-order valence-electron chi connectivity index (χ0n) is 9.15. The maximum atomic E-state index is 3.84. The second-order valence-electron chi connectivity index (χ2n) is 3.63. The molecule has 1 rings (SSSR count). The first-order valence-electron chi connectivity index (χ1n) is 4.71. The van der Waals surface area contributed by atoms with E-state index in [0.717, 1.165) is 11.4 Å². The normalized spacial score (nSPS) is 9.64. The van der Waals surface area contributed by atoms with Gasteiger partial charge in [0.05, 0.1) is 0 Å². The molecule has 0 atom stereocenters. The highest BCUT2D eigenvalue weighted by Crippen LogP contribution is 2.23. The minimum Gasteiger partial charge on any atom is -0.356 e. The van der Waals surface area contributed by atoms with Crippen LogP contribution in [0, 0.1) is 20.8 Å². The van der Waals surface area contributed by atoms with Gasteiger partial charge in [0.25, 0.3) is 0 Å². The Balaban J connectivity index is 3.08. The van der Waals surface area contributed by atoms with Crippen LogP contribution in [0.1, 0.15) is 16.7 Å². The molecule has 1 heteroatoms. The molecule has 14 heavy (non-hydrogen) atoms. The van der Waals surface area contributed by atoms with Gasteiger partial charge in [-0.15, -0.1) is 0 Å². The SMILES string of the molecule is C=CC(=C)Nc1c(C)cc(C)cc1C. The van der Waals surface area contributed by atoms with E-state index in [-0.39, 0.29) is 0 Å². The highest BCUT2D eigenvalue weighted by atomic mass is 14.9. The van der Waals surface area contributed by atoms with Crippen LogP contribution in [0.15, 0.2) is 37.1 Å². The van der Waals surface area contributed by atoms with E-state index < -0.39 is 0 Å². The van der Waals surface area contributed by atoms with E-state index in [1.165, 1.54) is 16.7 Å². The van der Waals surface area contributed by atoms with Crippen molar-refractivity contribution in [3.8, 4) is 0 Å². The van der Waals surface area contributed by atoms with Gasteiger partial charge in [0.15, 0.2) is 0 Å². The lowest BCUT2D eigenvalue weighted by molar-refractivity contribution is 1.30. The fourth-order valence-electron chi connectivity index (χ4n) is 1.59. The lowest BCUT2D eigenvalue weighted by Crippen LogP contribution is -2.00. The third-order valence-electron chi connectivity index (χ3n) is 2.21. The van der Waals surface area contributed by atoms with Gasteiger partial charge in [0.2, 0.25) is 0 Å². The quantitative estimate of drug-likeness (QED) is 0.711. The van der Waals surface area contributed by atoms with Gasteiger partial charge in [-0.2, -0.15) is 0 Å². The van der Waals surface area contributed by atoms with E-state index in [4.69, 9.17) is 0 Å². The second kappa shape index (κ2) is 4.14. The summed E-state index contributed by atoms with van der Waals surface area (Å²) in [6, 6.07) is 4.32. The molecule has 0 aliphatic carbocycles. The molecule has 0 saturated heterocycles. The van der Waals surface area contributed by atoms with E-state index in [1.807, 2.05) is 0 Å². The van der Waals surface area contributed by atoms with Crippen LogP contribution in [0.5, 0.6) is 0 Å². The van der Waals surface area contributed by atoms with Crippen LogP contribution in [0.25, 0.3) is 0 Å². The third kappa shape index (κ3) is 2.25. The Bertz CT molecular complexity index is 352. The summed E-state index contributed by atoms with van der Waals surface area (Å²) in [5, 5.41) is 3.24. The van der Waals surface area contributed by atoms with Crippen LogP contribution in [0.3, 0.4) is 0 Å². The fraction of sp³-hybridized carbons (Fsp3) is 0.231. The first-order chi connectivity index (χ1) is 6.54. The van der Waals surface area contributed by atoms with Gasteiger partial charge in [-0.25, -0.2) is 0 Å². The third-order valence-corrected chi connectivity index (χ3v) is 2.21. The molecule has 1 N–H and O–H groups in total. The smallest absolute Gasteiger partial charge is 0.0443 e. The molecule has 0 radical (unpaired) electrons. The van der Waals surface area contributed by atoms with Crippen LogP contribution >= 0.6 is 0 Å². The van der Waals surface area contributed by atoms with Crippen LogP contribution < -0.4 is 5.32 Å². The lowest BCUT2D eigenvalue weighted by atomic mass is 10.0. The first kappa shape index (κ1) is 10.6. The molecule has 0 unspecified atom stereocenters. The van der Waals surface area contributed by atoms with E-state index in [9.17, 15) is 0 Å². The zero-order valence-corrected chi connectivity index (χ0v) is 9.15. The van der Waals surface area contributed by atoms with Crippen LogP contribution in [0.2, 0.25) is 0 Å². The van der Waals surface area contributed by atoms with E-state index in [2.05, 4.69) is 51.4 Å². The van der Waals surface area contributed by atoms with Gasteiger partial charge < -0.3 is 5.32 Å². The highest BCUT2D eigenvalue weighted by molar-refractivity contribution is 5.61. The molecule has 0 aliphatic heterocycles. The molecule has 1 nitrogen and oxygen atoms in total. The number of aryl methyl sites for hydroxylation is 3. The summed E-state index contributed by atoms with van der Waals surface area (Å²) >= 11 is 0. The van der Waals surface area contributed by atoms with E-state index in [1.54, 1.807) is 6.08 Å². The van der Waals surface area contributed by atoms with Crippen molar-refractivity contribution in [2.75, 3.05) is 5.32 Å². The Morgan fingerprint density at radius 1 is 1.21 bits per heavy atom. The maximum Gasteiger partial charge on any atom is 0.0443 e. The summed E-state index contributed by atoms with van der Waals surface area (Å²) in [7, 11) is 0. The minimum atomic E-state index is 0.833. The Morgan fingerprint density at radius 3 is 2.14 bits per heavy atom. The minimum absolute atomic E-state index is 0.833. The van der Waals surface area contributed by atoms with Gasteiger partial charge in [-0.3, -0.25) is 0 Å². The molecule has 0 fully saturated rings. The van der Waals surface area contributed by atoms with Crippen LogP contribution in [0.4, 0.5) is 5.69 Å².